The number of carbonyl (C=O) groups excluding carboxylic acids is 2. The zero-order valence-electron chi connectivity index (χ0n) is 19.1. The zero-order valence-corrected chi connectivity index (χ0v) is 19.1. The van der Waals surface area contributed by atoms with Gasteiger partial charge in [0.15, 0.2) is 12.4 Å². The van der Waals surface area contributed by atoms with E-state index in [1.807, 2.05) is 13.0 Å². The average molecular weight is 463 g/mol. The second kappa shape index (κ2) is 8.52. The highest BCUT2D eigenvalue weighted by Gasteiger charge is 2.43. The molecule has 1 spiro atoms. The molecule has 8 nitrogen and oxygen atoms in total. The summed E-state index contributed by atoms with van der Waals surface area (Å²) in [7, 11) is 1.57. The summed E-state index contributed by atoms with van der Waals surface area (Å²) in [4.78, 5) is 38.8. The molecular weight excluding hydrogens is 438 g/mol. The van der Waals surface area contributed by atoms with Crippen molar-refractivity contribution in [1.82, 2.24) is 4.90 Å². The molecule has 0 radical (unpaired) electrons. The maximum atomic E-state index is 12.8. The highest BCUT2D eigenvalue weighted by atomic mass is 16.5. The average Bonchev–Trinajstić information content (AvgIpc) is 2.82. The van der Waals surface area contributed by atoms with Gasteiger partial charge in [0.2, 0.25) is 0 Å². The van der Waals surface area contributed by atoms with Crippen molar-refractivity contribution in [2.45, 2.75) is 31.8 Å². The van der Waals surface area contributed by atoms with Crippen LogP contribution in [0.15, 0.2) is 51.7 Å². The largest absolute Gasteiger partial charge is 0.497 e. The van der Waals surface area contributed by atoms with E-state index in [1.165, 1.54) is 6.07 Å². The first-order valence-corrected chi connectivity index (χ1v) is 11.2. The van der Waals surface area contributed by atoms with Crippen molar-refractivity contribution < 1.29 is 28.2 Å². The predicted molar refractivity (Wildman–Crippen MR) is 124 cm³/mol. The molecule has 1 aromatic heterocycles. The summed E-state index contributed by atoms with van der Waals surface area (Å²) >= 11 is 0. The molecule has 3 aromatic rings. The van der Waals surface area contributed by atoms with Crippen molar-refractivity contribution in [1.29, 1.82) is 0 Å². The third-order valence-electron chi connectivity index (χ3n) is 6.61. The van der Waals surface area contributed by atoms with Gasteiger partial charge in [-0.1, -0.05) is 0 Å². The van der Waals surface area contributed by atoms with Gasteiger partial charge < -0.3 is 23.5 Å². The quantitative estimate of drug-likeness (QED) is 0.547. The van der Waals surface area contributed by atoms with Gasteiger partial charge in [-0.3, -0.25) is 9.59 Å². The second-order valence-electron chi connectivity index (χ2n) is 8.82. The Labute approximate surface area is 196 Å². The second-order valence-corrected chi connectivity index (χ2v) is 8.82. The summed E-state index contributed by atoms with van der Waals surface area (Å²) in [5.74, 6) is 1.53. The van der Waals surface area contributed by atoms with Crippen LogP contribution in [0, 0.1) is 6.92 Å². The van der Waals surface area contributed by atoms with Gasteiger partial charge in [0, 0.05) is 49.5 Å². The number of hydrogen-bond acceptors (Lipinski definition) is 7. The summed E-state index contributed by atoms with van der Waals surface area (Å²) in [6, 6.07) is 11.8. The summed E-state index contributed by atoms with van der Waals surface area (Å²) in [5.41, 5.74) is 0.776. The Balaban J connectivity index is 1.21. The van der Waals surface area contributed by atoms with Crippen LogP contribution in [0.25, 0.3) is 11.0 Å². The van der Waals surface area contributed by atoms with Crippen LogP contribution in [-0.2, 0) is 4.79 Å². The summed E-state index contributed by atoms with van der Waals surface area (Å²) in [6.45, 7) is 2.65. The number of ether oxygens (including phenoxy) is 3. The lowest BCUT2D eigenvalue weighted by atomic mass is 9.82. The van der Waals surface area contributed by atoms with Gasteiger partial charge in [0.25, 0.3) is 5.91 Å². The number of Topliss-reactive ketones (excluding diaryl/α,β-unsaturated/α-hetero) is 1. The lowest BCUT2D eigenvalue weighted by Gasteiger charge is -2.43. The van der Waals surface area contributed by atoms with E-state index in [0.29, 0.717) is 60.7 Å². The third kappa shape index (κ3) is 4.11. The van der Waals surface area contributed by atoms with Crippen molar-refractivity contribution in [3.63, 3.8) is 0 Å². The summed E-state index contributed by atoms with van der Waals surface area (Å²) in [6.07, 6.45) is 1.41. The molecule has 5 rings (SSSR count). The molecule has 1 saturated heterocycles. The van der Waals surface area contributed by atoms with Gasteiger partial charge in [0.05, 0.1) is 19.1 Å². The SMILES string of the molecule is COc1ccc2c(c1)OC1(CCN(C(=O)COc3ccc4c(C)cc(=O)oc4c3)CC1)CC2=O. The van der Waals surface area contributed by atoms with Gasteiger partial charge in [0.1, 0.15) is 28.4 Å². The van der Waals surface area contributed by atoms with E-state index in [9.17, 15) is 14.4 Å². The smallest absolute Gasteiger partial charge is 0.336 e. The molecule has 1 amide bonds. The molecule has 2 aliphatic rings. The molecule has 2 aliphatic heterocycles. The first kappa shape index (κ1) is 22.0. The van der Waals surface area contributed by atoms with E-state index >= 15 is 0 Å². The van der Waals surface area contributed by atoms with E-state index < -0.39 is 11.2 Å². The maximum Gasteiger partial charge on any atom is 0.336 e. The molecule has 0 aliphatic carbocycles. The number of piperidine rings is 1. The molecular formula is C26H25NO7. The Bertz CT molecular complexity index is 1330. The molecule has 8 heteroatoms. The number of likely N-dealkylation sites (tertiary alicyclic amines) is 1. The van der Waals surface area contributed by atoms with Crippen molar-refractivity contribution >= 4 is 22.7 Å². The number of amides is 1. The van der Waals surface area contributed by atoms with Crippen LogP contribution in [0.2, 0.25) is 0 Å². The molecule has 176 valence electrons. The Morgan fingerprint density at radius 2 is 1.82 bits per heavy atom. The number of carbonyl (C=O) groups is 2. The van der Waals surface area contributed by atoms with Crippen LogP contribution in [0.1, 0.15) is 35.2 Å². The fourth-order valence-corrected chi connectivity index (χ4v) is 4.68. The number of methoxy groups -OCH3 is 1. The van der Waals surface area contributed by atoms with E-state index in [0.717, 1.165) is 10.9 Å². The number of nitrogens with zero attached hydrogens (tertiary/aromatic N) is 1. The number of aryl methyl sites for hydroxylation is 1. The first-order chi connectivity index (χ1) is 16.4. The maximum absolute atomic E-state index is 12.8. The molecule has 0 bridgehead atoms. The van der Waals surface area contributed by atoms with Gasteiger partial charge in [-0.15, -0.1) is 0 Å². The van der Waals surface area contributed by atoms with E-state index in [-0.39, 0.29) is 18.3 Å². The predicted octanol–water partition coefficient (Wildman–Crippen LogP) is 3.52. The van der Waals surface area contributed by atoms with Crippen LogP contribution in [-0.4, -0.2) is 49.0 Å². The molecule has 0 atom stereocenters. The molecule has 3 heterocycles. The highest BCUT2D eigenvalue weighted by Crippen LogP contribution is 2.40. The first-order valence-electron chi connectivity index (χ1n) is 11.2. The Hall–Kier alpha value is -3.81. The van der Waals surface area contributed by atoms with Crippen molar-refractivity contribution in [3.8, 4) is 17.2 Å². The molecule has 0 N–H and O–H groups in total. The van der Waals surface area contributed by atoms with Gasteiger partial charge in [-0.2, -0.15) is 0 Å². The van der Waals surface area contributed by atoms with Crippen molar-refractivity contribution in [3.05, 3.63) is 64.0 Å². The van der Waals surface area contributed by atoms with Crippen LogP contribution in [0.5, 0.6) is 17.2 Å². The minimum Gasteiger partial charge on any atom is -0.497 e. The minimum atomic E-state index is -0.609. The third-order valence-corrected chi connectivity index (χ3v) is 6.61. The standard InChI is InChI=1S/C26H25NO7/c1-16-11-25(30)33-22-13-18(4-5-19(16)22)32-15-24(29)27-9-7-26(8-10-27)14-21(28)20-6-3-17(31-2)12-23(20)34-26/h3-6,11-13H,7-10,14-15H2,1-2H3. The van der Waals surface area contributed by atoms with Crippen LogP contribution < -0.4 is 19.8 Å². The van der Waals surface area contributed by atoms with E-state index in [2.05, 4.69) is 0 Å². The fourth-order valence-electron chi connectivity index (χ4n) is 4.68. The number of ketones is 1. The van der Waals surface area contributed by atoms with E-state index in [1.54, 1.807) is 42.3 Å². The number of benzene rings is 2. The highest BCUT2D eigenvalue weighted by molar-refractivity contribution is 6.00. The minimum absolute atomic E-state index is 0.0465. The Morgan fingerprint density at radius 1 is 1.06 bits per heavy atom. The Morgan fingerprint density at radius 3 is 2.59 bits per heavy atom. The normalized spacial score (nSPS) is 16.8. The van der Waals surface area contributed by atoms with Crippen LogP contribution >= 0.6 is 0 Å². The fraction of sp³-hybridized carbons (Fsp3) is 0.346. The van der Waals surface area contributed by atoms with Gasteiger partial charge in [-0.25, -0.2) is 4.79 Å². The number of rotatable bonds is 4. The molecule has 0 saturated carbocycles. The summed E-state index contributed by atoms with van der Waals surface area (Å²) < 4.78 is 22.5. The van der Waals surface area contributed by atoms with Crippen LogP contribution in [0.3, 0.4) is 0 Å². The van der Waals surface area contributed by atoms with Crippen LogP contribution in [0.4, 0.5) is 0 Å². The number of fused-ring (bicyclic) bond motifs is 2. The molecule has 34 heavy (non-hydrogen) atoms. The lowest BCUT2D eigenvalue weighted by Crippen LogP contribution is -2.53. The Kier molecular flexibility index (Phi) is 5.51. The van der Waals surface area contributed by atoms with Crippen molar-refractivity contribution in [2.75, 3.05) is 26.8 Å². The summed E-state index contributed by atoms with van der Waals surface area (Å²) in [5, 5.41) is 0.820. The molecule has 2 aromatic carbocycles. The molecule has 1 fully saturated rings. The van der Waals surface area contributed by atoms with Gasteiger partial charge in [-0.05, 0) is 36.8 Å². The molecule has 0 unspecified atom stereocenters. The lowest BCUT2D eigenvalue weighted by molar-refractivity contribution is -0.136. The number of hydrogen-bond donors (Lipinski definition) is 0. The van der Waals surface area contributed by atoms with Gasteiger partial charge >= 0.3 is 5.63 Å². The topological polar surface area (TPSA) is 95.3 Å². The van der Waals surface area contributed by atoms with Crippen molar-refractivity contribution in [2.24, 2.45) is 0 Å². The van der Waals surface area contributed by atoms with E-state index in [4.69, 9.17) is 18.6 Å². The monoisotopic (exact) mass is 463 g/mol. The zero-order chi connectivity index (χ0) is 23.9.